The molecule has 11 nitrogen and oxygen atoms in total. The number of nitriles is 1. The molecule has 0 bridgehead atoms. The summed E-state index contributed by atoms with van der Waals surface area (Å²) in [6.07, 6.45) is 2.46. The number of rotatable bonds is 7. The van der Waals surface area contributed by atoms with Crippen LogP contribution in [0, 0.1) is 11.3 Å². The molecule has 3 aromatic heterocycles. The van der Waals surface area contributed by atoms with Crippen molar-refractivity contribution in [1.82, 2.24) is 24.9 Å². The van der Waals surface area contributed by atoms with Crippen LogP contribution in [0.15, 0.2) is 61.4 Å². The largest absolute Gasteiger partial charge is 0.481 e. The lowest BCUT2D eigenvalue weighted by Gasteiger charge is -2.47. The lowest BCUT2D eigenvalue weighted by Crippen LogP contribution is -2.62. The van der Waals surface area contributed by atoms with Crippen LogP contribution in [0.1, 0.15) is 66.7 Å². The maximum Gasteiger partial charge on any atom is 0.416 e. The number of carbonyl (C=O) groups is 1. The van der Waals surface area contributed by atoms with Gasteiger partial charge >= 0.3 is 12.3 Å². The molecule has 3 atom stereocenters. The normalized spacial score (nSPS) is 18.4. The van der Waals surface area contributed by atoms with E-state index in [1.165, 1.54) is 36.8 Å². The third-order valence-electron chi connectivity index (χ3n) is 7.78. The van der Waals surface area contributed by atoms with E-state index >= 15 is 0 Å². The molecule has 1 aliphatic rings. The number of hydrogen-bond donors (Lipinski definition) is 1. The van der Waals surface area contributed by atoms with Crippen molar-refractivity contribution < 1.29 is 27.4 Å². The SMILES string of the molecule is CCOC(=O)N1c2ccc(OC)nc2[C@H](C(c2cc(C#N)cc(C(F)(F)F)c2)c2ncc(-c3cncnc3)cn2)C[C@@]1(N)CC. The molecule has 232 valence electrons. The van der Waals surface area contributed by atoms with Crippen LogP contribution < -0.4 is 15.4 Å². The Hall–Kier alpha value is -5.16. The number of hydrogen-bond acceptors (Lipinski definition) is 10. The van der Waals surface area contributed by atoms with Crippen LogP contribution in [0.2, 0.25) is 0 Å². The number of fused-ring (bicyclic) bond motifs is 1. The molecule has 5 rings (SSSR count). The Morgan fingerprint density at radius 2 is 1.82 bits per heavy atom. The summed E-state index contributed by atoms with van der Waals surface area (Å²) in [4.78, 5) is 36.5. The zero-order valence-electron chi connectivity index (χ0n) is 24.6. The van der Waals surface area contributed by atoms with Crippen molar-refractivity contribution in [2.45, 2.75) is 50.4 Å². The van der Waals surface area contributed by atoms with Crippen LogP contribution in [-0.2, 0) is 10.9 Å². The lowest BCUT2D eigenvalue weighted by molar-refractivity contribution is -0.137. The van der Waals surface area contributed by atoms with Gasteiger partial charge in [0.2, 0.25) is 5.88 Å². The number of halogens is 3. The van der Waals surface area contributed by atoms with Gasteiger partial charge in [0.25, 0.3) is 0 Å². The first-order valence-corrected chi connectivity index (χ1v) is 14.0. The summed E-state index contributed by atoms with van der Waals surface area (Å²) in [6, 6.07) is 8.16. The number of methoxy groups -OCH3 is 1. The third-order valence-corrected chi connectivity index (χ3v) is 7.78. The smallest absolute Gasteiger partial charge is 0.416 e. The zero-order valence-corrected chi connectivity index (χ0v) is 24.6. The predicted molar refractivity (Wildman–Crippen MR) is 156 cm³/mol. The van der Waals surface area contributed by atoms with Gasteiger partial charge in [0.1, 0.15) is 12.2 Å². The second kappa shape index (κ2) is 12.4. The van der Waals surface area contributed by atoms with Crippen molar-refractivity contribution in [3.05, 3.63) is 89.7 Å². The topological polar surface area (TPSA) is 153 Å². The summed E-state index contributed by atoms with van der Waals surface area (Å²) >= 11 is 0. The number of alkyl halides is 3. The number of pyridine rings is 1. The Labute approximate surface area is 256 Å². The molecule has 0 aliphatic carbocycles. The molecule has 1 aromatic carbocycles. The Kier molecular flexibility index (Phi) is 8.65. The highest BCUT2D eigenvalue weighted by atomic mass is 19.4. The summed E-state index contributed by atoms with van der Waals surface area (Å²) < 4.78 is 53.0. The minimum atomic E-state index is -4.74. The van der Waals surface area contributed by atoms with Crippen molar-refractivity contribution >= 4 is 11.8 Å². The molecule has 0 spiro atoms. The molecule has 1 amide bonds. The molecular weight excluding hydrogens is 589 g/mol. The van der Waals surface area contributed by atoms with Gasteiger partial charge in [-0.15, -0.1) is 0 Å². The summed E-state index contributed by atoms with van der Waals surface area (Å²) in [5.41, 5.74) is 6.38. The standard InChI is InChI=1S/C31H29F3N8O3/c1-4-30(36)11-23(27-24(6-7-25(41-27)44-3)42(30)29(43)45-5-2)26(19-8-18(12-35)9-22(10-19)31(32,33)34)28-39-15-21(16-40-28)20-13-37-17-38-14-20/h6-10,13-17,23,26H,4-5,11,36H2,1-3H3/t23-,26?,30+/m0/s1. The number of carbonyl (C=O) groups excluding carboxylic acids is 1. The molecule has 0 saturated carbocycles. The molecule has 0 radical (unpaired) electrons. The Morgan fingerprint density at radius 3 is 2.42 bits per heavy atom. The van der Waals surface area contributed by atoms with E-state index in [0.29, 0.717) is 22.5 Å². The zero-order chi connectivity index (χ0) is 32.4. The monoisotopic (exact) mass is 618 g/mol. The molecule has 2 N–H and O–H groups in total. The van der Waals surface area contributed by atoms with Crippen molar-refractivity contribution in [2.75, 3.05) is 18.6 Å². The quantitative estimate of drug-likeness (QED) is 0.278. The first-order chi connectivity index (χ1) is 21.5. The van der Waals surface area contributed by atoms with E-state index in [-0.39, 0.29) is 42.3 Å². The van der Waals surface area contributed by atoms with Crippen molar-refractivity contribution in [2.24, 2.45) is 5.73 Å². The first kappa shape index (κ1) is 31.3. The average Bonchev–Trinajstić information content (AvgIpc) is 3.05. The maximum atomic E-state index is 14.1. The number of nitrogens with two attached hydrogens (primary N) is 1. The van der Waals surface area contributed by atoms with Gasteiger partial charge in [0.15, 0.2) is 0 Å². The number of amides is 1. The van der Waals surface area contributed by atoms with Crippen molar-refractivity contribution in [1.29, 1.82) is 5.26 Å². The molecule has 1 unspecified atom stereocenters. The van der Waals surface area contributed by atoms with Crippen LogP contribution >= 0.6 is 0 Å². The summed E-state index contributed by atoms with van der Waals surface area (Å²) in [5, 5.41) is 9.70. The van der Waals surface area contributed by atoms with Gasteiger partial charge in [0, 0.05) is 47.9 Å². The van der Waals surface area contributed by atoms with Gasteiger partial charge in [-0.3, -0.25) is 4.90 Å². The fourth-order valence-corrected chi connectivity index (χ4v) is 5.60. The van der Waals surface area contributed by atoms with Crippen LogP contribution in [-0.4, -0.2) is 50.4 Å². The molecule has 1 aliphatic heterocycles. The van der Waals surface area contributed by atoms with Crippen LogP contribution in [0.5, 0.6) is 5.88 Å². The molecule has 45 heavy (non-hydrogen) atoms. The summed E-state index contributed by atoms with van der Waals surface area (Å²) in [5.74, 6) is -1.39. The number of ether oxygens (including phenoxy) is 2. The van der Waals surface area contributed by atoms with Crippen LogP contribution in [0.3, 0.4) is 0 Å². The van der Waals surface area contributed by atoms with Gasteiger partial charge in [-0.05, 0) is 49.6 Å². The molecule has 0 fully saturated rings. The Morgan fingerprint density at radius 1 is 1.13 bits per heavy atom. The minimum Gasteiger partial charge on any atom is -0.481 e. The fourth-order valence-electron chi connectivity index (χ4n) is 5.60. The second-order valence-electron chi connectivity index (χ2n) is 10.4. The molecule has 4 aromatic rings. The van der Waals surface area contributed by atoms with Gasteiger partial charge in [-0.25, -0.2) is 29.7 Å². The minimum absolute atomic E-state index is 0.0376. The highest BCUT2D eigenvalue weighted by molar-refractivity contribution is 5.91. The number of anilines is 1. The van der Waals surface area contributed by atoms with E-state index in [1.807, 2.05) is 6.07 Å². The Balaban J connectivity index is 1.77. The molecule has 14 heteroatoms. The summed E-state index contributed by atoms with van der Waals surface area (Å²) in [6.45, 7) is 3.56. The van der Waals surface area contributed by atoms with Crippen molar-refractivity contribution in [3.63, 3.8) is 0 Å². The van der Waals surface area contributed by atoms with E-state index in [9.17, 15) is 23.2 Å². The van der Waals surface area contributed by atoms with E-state index < -0.39 is 35.3 Å². The van der Waals surface area contributed by atoms with Gasteiger partial charge in [0.05, 0.1) is 53.9 Å². The highest BCUT2D eigenvalue weighted by Gasteiger charge is 2.49. The number of benzene rings is 1. The van der Waals surface area contributed by atoms with Crippen LogP contribution in [0.25, 0.3) is 11.1 Å². The van der Waals surface area contributed by atoms with E-state index in [4.69, 9.17) is 15.2 Å². The molecule has 4 heterocycles. The molecule has 0 saturated heterocycles. The van der Waals surface area contributed by atoms with E-state index in [2.05, 4.69) is 24.9 Å². The van der Waals surface area contributed by atoms with Crippen LogP contribution in [0.4, 0.5) is 23.7 Å². The average molecular weight is 619 g/mol. The Bertz CT molecular complexity index is 1730. The van der Waals surface area contributed by atoms with E-state index in [0.717, 1.165) is 12.1 Å². The predicted octanol–water partition coefficient (Wildman–Crippen LogP) is 5.57. The molecular formula is C31H29F3N8O3. The van der Waals surface area contributed by atoms with Gasteiger partial charge < -0.3 is 15.2 Å². The van der Waals surface area contributed by atoms with Gasteiger partial charge in [-0.2, -0.15) is 18.4 Å². The summed E-state index contributed by atoms with van der Waals surface area (Å²) in [7, 11) is 1.42. The maximum absolute atomic E-state index is 14.1. The lowest BCUT2D eigenvalue weighted by atomic mass is 9.73. The number of aromatic nitrogens is 5. The first-order valence-electron chi connectivity index (χ1n) is 14.0. The number of nitrogens with zero attached hydrogens (tertiary/aromatic N) is 7. The van der Waals surface area contributed by atoms with E-state index in [1.54, 1.807) is 38.4 Å². The third kappa shape index (κ3) is 6.12. The van der Waals surface area contributed by atoms with Gasteiger partial charge in [-0.1, -0.05) is 6.92 Å². The highest BCUT2D eigenvalue weighted by Crippen LogP contribution is 2.51. The fraction of sp³-hybridized carbons (Fsp3) is 0.323. The van der Waals surface area contributed by atoms with Crippen molar-refractivity contribution in [3.8, 4) is 23.1 Å². The second-order valence-corrected chi connectivity index (χ2v) is 10.4.